The summed E-state index contributed by atoms with van der Waals surface area (Å²) in [5.41, 5.74) is 0.852. The maximum absolute atomic E-state index is 5.46. The Kier molecular flexibility index (Phi) is 3.12. The average molecular weight is 270 g/mol. The highest BCUT2D eigenvalue weighted by atomic mass is 16.5. The highest BCUT2D eigenvalue weighted by molar-refractivity contribution is 5.69. The highest BCUT2D eigenvalue weighted by Crippen LogP contribution is 2.36. The average Bonchev–Trinajstić information content (AvgIpc) is 3.16. The van der Waals surface area contributed by atoms with Crippen molar-refractivity contribution in [1.82, 2.24) is 19.3 Å². The van der Waals surface area contributed by atoms with Crippen molar-refractivity contribution in [1.29, 1.82) is 0 Å². The first-order valence-corrected chi connectivity index (χ1v) is 6.08. The Bertz CT molecular complexity index is 704. The molecule has 20 heavy (non-hydrogen) atoms. The van der Waals surface area contributed by atoms with E-state index < -0.39 is 0 Å². The SMILES string of the molecule is COc1cccc(-c2nccn2-n2ccnc2)c1OC. The number of ether oxygens (including phenoxy) is 2. The summed E-state index contributed by atoms with van der Waals surface area (Å²) in [6, 6.07) is 5.70. The van der Waals surface area contributed by atoms with Gasteiger partial charge < -0.3 is 9.47 Å². The minimum absolute atomic E-state index is 0.655. The maximum Gasteiger partial charge on any atom is 0.171 e. The van der Waals surface area contributed by atoms with E-state index in [9.17, 15) is 0 Å². The zero-order valence-electron chi connectivity index (χ0n) is 11.2. The number of benzene rings is 1. The molecule has 2 heterocycles. The Morgan fingerprint density at radius 1 is 1.05 bits per heavy atom. The number of aromatic nitrogens is 4. The van der Waals surface area contributed by atoms with Gasteiger partial charge in [-0.1, -0.05) is 6.07 Å². The maximum atomic E-state index is 5.46. The largest absolute Gasteiger partial charge is 0.493 e. The minimum atomic E-state index is 0.655. The second-order valence-electron chi connectivity index (χ2n) is 4.08. The molecule has 3 rings (SSSR count). The lowest BCUT2D eigenvalue weighted by atomic mass is 10.1. The van der Waals surface area contributed by atoms with Crippen molar-refractivity contribution in [2.24, 2.45) is 0 Å². The third kappa shape index (κ3) is 1.91. The molecule has 0 aliphatic heterocycles. The van der Waals surface area contributed by atoms with E-state index in [0.717, 1.165) is 11.4 Å². The summed E-state index contributed by atoms with van der Waals surface area (Å²) in [6.07, 6.45) is 8.85. The molecular formula is C14H14N4O2. The summed E-state index contributed by atoms with van der Waals surface area (Å²) in [4.78, 5) is 8.45. The molecule has 0 saturated carbocycles. The monoisotopic (exact) mass is 270 g/mol. The van der Waals surface area contributed by atoms with Crippen molar-refractivity contribution in [3.8, 4) is 22.9 Å². The van der Waals surface area contributed by atoms with Gasteiger partial charge in [-0.3, -0.25) is 0 Å². The number of nitrogens with zero attached hydrogens (tertiary/aromatic N) is 4. The third-order valence-electron chi connectivity index (χ3n) is 3.00. The Morgan fingerprint density at radius 2 is 1.95 bits per heavy atom. The van der Waals surface area contributed by atoms with Crippen LogP contribution in [0.2, 0.25) is 0 Å². The van der Waals surface area contributed by atoms with Gasteiger partial charge in [0.25, 0.3) is 0 Å². The van der Waals surface area contributed by atoms with Crippen LogP contribution < -0.4 is 9.47 Å². The van der Waals surface area contributed by atoms with Crippen LogP contribution in [0.3, 0.4) is 0 Å². The predicted molar refractivity (Wildman–Crippen MR) is 73.8 cm³/mol. The molecule has 1 aromatic carbocycles. The van der Waals surface area contributed by atoms with E-state index in [1.807, 2.05) is 39.9 Å². The highest BCUT2D eigenvalue weighted by Gasteiger charge is 2.16. The van der Waals surface area contributed by atoms with Crippen LogP contribution in [0.1, 0.15) is 0 Å². The number of imidazole rings is 2. The van der Waals surface area contributed by atoms with Gasteiger partial charge in [-0.05, 0) is 12.1 Å². The smallest absolute Gasteiger partial charge is 0.171 e. The van der Waals surface area contributed by atoms with E-state index in [2.05, 4.69) is 9.97 Å². The first-order chi connectivity index (χ1) is 9.85. The Balaban J connectivity index is 2.18. The normalized spacial score (nSPS) is 10.5. The second kappa shape index (κ2) is 5.08. The fraction of sp³-hybridized carbons (Fsp3) is 0.143. The minimum Gasteiger partial charge on any atom is -0.493 e. The fourth-order valence-electron chi connectivity index (χ4n) is 2.12. The van der Waals surface area contributed by atoms with Crippen molar-refractivity contribution in [3.05, 3.63) is 49.3 Å². The number of methoxy groups -OCH3 is 2. The summed E-state index contributed by atoms with van der Waals surface area (Å²) < 4.78 is 14.5. The molecule has 0 amide bonds. The van der Waals surface area contributed by atoms with Gasteiger partial charge >= 0.3 is 0 Å². The van der Waals surface area contributed by atoms with E-state index in [4.69, 9.17) is 9.47 Å². The molecule has 0 N–H and O–H groups in total. The van der Waals surface area contributed by atoms with Gasteiger partial charge in [0.1, 0.15) is 6.33 Å². The van der Waals surface area contributed by atoms with Gasteiger partial charge in [0, 0.05) is 24.8 Å². The predicted octanol–water partition coefficient (Wildman–Crippen LogP) is 2.08. The Labute approximate surface area is 116 Å². The summed E-state index contributed by atoms with van der Waals surface area (Å²) in [5, 5.41) is 0. The Morgan fingerprint density at radius 3 is 2.65 bits per heavy atom. The fourth-order valence-corrected chi connectivity index (χ4v) is 2.12. The van der Waals surface area contributed by atoms with E-state index in [-0.39, 0.29) is 0 Å². The molecule has 102 valence electrons. The quantitative estimate of drug-likeness (QED) is 0.728. The van der Waals surface area contributed by atoms with E-state index in [0.29, 0.717) is 11.5 Å². The summed E-state index contributed by atoms with van der Waals surface area (Å²) in [6.45, 7) is 0. The van der Waals surface area contributed by atoms with Crippen LogP contribution in [0.25, 0.3) is 11.4 Å². The van der Waals surface area contributed by atoms with Gasteiger partial charge in [-0.2, -0.15) is 0 Å². The van der Waals surface area contributed by atoms with Gasteiger partial charge in [-0.25, -0.2) is 19.3 Å². The molecule has 6 nitrogen and oxygen atoms in total. The van der Waals surface area contributed by atoms with E-state index in [1.54, 1.807) is 32.9 Å². The van der Waals surface area contributed by atoms with Crippen LogP contribution in [-0.4, -0.2) is 33.5 Å². The van der Waals surface area contributed by atoms with Crippen LogP contribution >= 0.6 is 0 Å². The second-order valence-corrected chi connectivity index (χ2v) is 4.08. The van der Waals surface area contributed by atoms with Crippen molar-refractivity contribution in [2.75, 3.05) is 14.2 Å². The first kappa shape index (κ1) is 12.3. The molecule has 0 fully saturated rings. The van der Waals surface area contributed by atoms with E-state index >= 15 is 0 Å². The lowest BCUT2D eigenvalue weighted by molar-refractivity contribution is 0.356. The van der Waals surface area contributed by atoms with E-state index in [1.165, 1.54) is 0 Å². The first-order valence-electron chi connectivity index (χ1n) is 6.08. The number of hydrogen-bond donors (Lipinski definition) is 0. The molecule has 0 aliphatic carbocycles. The Hall–Kier alpha value is -2.76. The van der Waals surface area contributed by atoms with Gasteiger partial charge in [0.15, 0.2) is 17.3 Å². The lowest BCUT2D eigenvalue weighted by Crippen LogP contribution is -2.08. The topological polar surface area (TPSA) is 54.1 Å². The lowest BCUT2D eigenvalue weighted by Gasteiger charge is -2.14. The molecular weight excluding hydrogens is 256 g/mol. The summed E-state index contributed by atoms with van der Waals surface area (Å²) in [5.74, 6) is 2.08. The van der Waals surface area contributed by atoms with Gasteiger partial charge in [-0.15, -0.1) is 0 Å². The summed E-state index contributed by atoms with van der Waals surface area (Å²) in [7, 11) is 3.23. The standard InChI is InChI=1S/C14H14N4O2/c1-19-12-5-3-4-11(13(12)20-2)14-16-7-9-18(14)17-8-6-15-10-17/h3-10H,1-2H3. The van der Waals surface area contributed by atoms with Crippen LogP contribution in [0.15, 0.2) is 49.3 Å². The zero-order chi connectivity index (χ0) is 13.9. The van der Waals surface area contributed by atoms with Crippen molar-refractivity contribution in [2.45, 2.75) is 0 Å². The molecule has 0 spiro atoms. The third-order valence-corrected chi connectivity index (χ3v) is 3.00. The molecule has 0 radical (unpaired) electrons. The van der Waals surface area contributed by atoms with Crippen molar-refractivity contribution < 1.29 is 9.47 Å². The number of hydrogen-bond acceptors (Lipinski definition) is 4. The van der Waals surface area contributed by atoms with Crippen molar-refractivity contribution in [3.63, 3.8) is 0 Å². The van der Waals surface area contributed by atoms with Gasteiger partial charge in [0.2, 0.25) is 0 Å². The van der Waals surface area contributed by atoms with Gasteiger partial charge in [0.05, 0.1) is 19.8 Å². The zero-order valence-corrected chi connectivity index (χ0v) is 11.2. The number of rotatable bonds is 4. The molecule has 0 bridgehead atoms. The molecule has 0 atom stereocenters. The van der Waals surface area contributed by atoms with Crippen LogP contribution in [0, 0.1) is 0 Å². The molecule has 0 aliphatic rings. The van der Waals surface area contributed by atoms with Crippen LogP contribution in [0.4, 0.5) is 0 Å². The molecule has 6 heteroatoms. The molecule has 0 unspecified atom stereocenters. The van der Waals surface area contributed by atoms with Crippen LogP contribution in [-0.2, 0) is 0 Å². The molecule has 2 aromatic heterocycles. The molecule has 3 aromatic rings. The summed E-state index contributed by atoms with van der Waals surface area (Å²) >= 11 is 0. The molecule has 0 saturated heterocycles. The van der Waals surface area contributed by atoms with Crippen molar-refractivity contribution >= 4 is 0 Å². The number of para-hydroxylation sites is 1. The van der Waals surface area contributed by atoms with Crippen LogP contribution in [0.5, 0.6) is 11.5 Å².